The van der Waals surface area contributed by atoms with Crippen LogP contribution in [0.5, 0.6) is 0 Å². The van der Waals surface area contributed by atoms with Crippen molar-refractivity contribution in [3.05, 3.63) is 47.3 Å². The predicted molar refractivity (Wildman–Crippen MR) is 107 cm³/mol. The molecule has 1 unspecified atom stereocenters. The molecule has 0 bridgehead atoms. The van der Waals surface area contributed by atoms with Crippen molar-refractivity contribution in [3.8, 4) is 5.69 Å². The molecule has 8 nitrogen and oxygen atoms in total. The second-order valence-electron chi connectivity index (χ2n) is 8.12. The van der Waals surface area contributed by atoms with Crippen LogP contribution in [0, 0.1) is 0 Å². The second-order valence-corrected chi connectivity index (χ2v) is 8.12. The van der Waals surface area contributed by atoms with Gasteiger partial charge in [0.15, 0.2) is 11.8 Å². The van der Waals surface area contributed by atoms with E-state index >= 15 is 0 Å². The van der Waals surface area contributed by atoms with Crippen molar-refractivity contribution in [1.29, 1.82) is 0 Å². The van der Waals surface area contributed by atoms with Gasteiger partial charge in [-0.3, -0.25) is 10.1 Å². The highest BCUT2D eigenvalue weighted by molar-refractivity contribution is 5.98. The van der Waals surface area contributed by atoms with Gasteiger partial charge in [0.1, 0.15) is 0 Å². The van der Waals surface area contributed by atoms with Crippen LogP contribution in [0.2, 0.25) is 0 Å². The first-order valence-corrected chi connectivity index (χ1v) is 9.66. The monoisotopic (exact) mass is 398 g/mol. The Morgan fingerprint density at radius 2 is 1.83 bits per heavy atom. The van der Waals surface area contributed by atoms with Gasteiger partial charge in [-0.15, -0.1) is 0 Å². The minimum Gasteiger partial charge on any atom is -0.448 e. The molecule has 3 amide bonds. The van der Waals surface area contributed by atoms with Crippen LogP contribution < -0.4 is 10.6 Å². The lowest BCUT2D eigenvalue weighted by atomic mass is 10.1. The van der Waals surface area contributed by atoms with E-state index in [0.717, 1.165) is 36.2 Å². The average molecular weight is 398 g/mol. The Labute approximate surface area is 169 Å². The van der Waals surface area contributed by atoms with Crippen LogP contribution in [0.25, 0.3) is 5.69 Å². The number of urea groups is 1. The lowest BCUT2D eigenvalue weighted by Crippen LogP contribution is -2.50. The molecule has 2 aromatic rings. The average Bonchev–Trinajstić information content (AvgIpc) is 3.22. The zero-order valence-electron chi connectivity index (χ0n) is 17.1. The van der Waals surface area contributed by atoms with Gasteiger partial charge in [-0.05, 0) is 59.1 Å². The quantitative estimate of drug-likeness (QED) is 0.771. The van der Waals surface area contributed by atoms with Crippen molar-refractivity contribution in [1.82, 2.24) is 20.4 Å². The molecule has 154 valence electrons. The minimum absolute atomic E-state index is 0.222. The van der Waals surface area contributed by atoms with Gasteiger partial charge >= 0.3 is 12.0 Å². The number of ether oxygens (including phenoxy) is 1. The van der Waals surface area contributed by atoms with Gasteiger partial charge in [0.25, 0.3) is 5.91 Å². The van der Waals surface area contributed by atoms with Gasteiger partial charge in [-0.25, -0.2) is 14.3 Å². The van der Waals surface area contributed by atoms with E-state index in [1.54, 1.807) is 25.5 Å². The number of fused-ring (bicyclic) bond motifs is 1. The molecule has 2 N–H and O–H groups in total. The van der Waals surface area contributed by atoms with Crippen molar-refractivity contribution < 1.29 is 19.1 Å². The summed E-state index contributed by atoms with van der Waals surface area (Å²) in [5.74, 6) is -1.36. The molecule has 0 aliphatic heterocycles. The van der Waals surface area contributed by atoms with E-state index in [0.29, 0.717) is 0 Å². The normalized spacial score (nSPS) is 14.1. The summed E-state index contributed by atoms with van der Waals surface area (Å²) in [4.78, 5) is 36.7. The number of carbonyl (C=O) groups is 3. The number of amides is 3. The number of aromatic nitrogens is 2. The molecule has 3 rings (SSSR count). The van der Waals surface area contributed by atoms with Crippen LogP contribution >= 0.6 is 0 Å². The third-order valence-corrected chi connectivity index (χ3v) is 4.50. The molecule has 0 spiro atoms. The maximum Gasteiger partial charge on any atom is 0.359 e. The summed E-state index contributed by atoms with van der Waals surface area (Å²) in [7, 11) is 0. The van der Waals surface area contributed by atoms with E-state index in [-0.39, 0.29) is 5.69 Å². The summed E-state index contributed by atoms with van der Waals surface area (Å²) in [5, 5.41) is 9.26. The van der Waals surface area contributed by atoms with E-state index < -0.39 is 29.6 Å². The van der Waals surface area contributed by atoms with Crippen LogP contribution in [0.15, 0.2) is 30.3 Å². The highest BCUT2D eigenvalue weighted by Gasteiger charge is 2.30. The lowest BCUT2D eigenvalue weighted by molar-refractivity contribution is -0.127. The Morgan fingerprint density at radius 3 is 2.48 bits per heavy atom. The summed E-state index contributed by atoms with van der Waals surface area (Å²) in [6.07, 6.45) is 1.37. The number of para-hydroxylation sites is 1. The van der Waals surface area contributed by atoms with Gasteiger partial charge in [-0.1, -0.05) is 18.2 Å². The standard InChI is InChI=1S/C21H26N4O4/c1-13(18(26)22-20(28)23-21(2,3)4)29-19(27)17-15-11-8-12-16(15)25(24-17)14-9-6-5-7-10-14/h5-7,9-10,13H,8,11-12H2,1-4H3,(H2,22,23,26,28). The molecule has 29 heavy (non-hydrogen) atoms. The molecule has 1 heterocycles. The van der Waals surface area contributed by atoms with Crippen LogP contribution in [0.4, 0.5) is 4.79 Å². The Bertz CT molecular complexity index is 928. The molecule has 8 heteroatoms. The summed E-state index contributed by atoms with van der Waals surface area (Å²) in [5.41, 5.74) is 2.45. The maximum atomic E-state index is 12.7. The van der Waals surface area contributed by atoms with E-state index in [9.17, 15) is 14.4 Å². The molecule has 1 aliphatic rings. The van der Waals surface area contributed by atoms with Crippen LogP contribution in [-0.4, -0.2) is 39.3 Å². The van der Waals surface area contributed by atoms with E-state index in [1.165, 1.54) is 6.92 Å². The maximum absolute atomic E-state index is 12.7. The molecule has 1 atom stereocenters. The lowest BCUT2D eigenvalue weighted by Gasteiger charge is -2.21. The smallest absolute Gasteiger partial charge is 0.359 e. The fourth-order valence-corrected chi connectivity index (χ4v) is 3.24. The van der Waals surface area contributed by atoms with Gasteiger partial charge < -0.3 is 10.1 Å². The summed E-state index contributed by atoms with van der Waals surface area (Å²) < 4.78 is 7.06. The highest BCUT2D eigenvalue weighted by atomic mass is 16.5. The highest BCUT2D eigenvalue weighted by Crippen LogP contribution is 2.28. The molecule has 0 saturated heterocycles. The Morgan fingerprint density at radius 1 is 1.14 bits per heavy atom. The van der Waals surface area contributed by atoms with Gasteiger partial charge in [0.05, 0.1) is 5.69 Å². The number of hydrogen-bond donors (Lipinski definition) is 2. The summed E-state index contributed by atoms with van der Waals surface area (Å²) in [6, 6.07) is 8.93. The van der Waals surface area contributed by atoms with E-state index in [2.05, 4.69) is 15.7 Å². The Hall–Kier alpha value is -3.16. The largest absolute Gasteiger partial charge is 0.448 e. The number of imide groups is 1. The van der Waals surface area contributed by atoms with Gasteiger partial charge in [-0.2, -0.15) is 5.10 Å². The van der Waals surface area contributed by atoms with E-state index in [4.69, 9.17) is 4.74 Å². The fraction of sp³-hybridized carbons (Fsp3) is 0.429. The molecular weight excluding hydrogens is 372 g/mol. The van der Waals surface area contributed by atoms with Crippen molar-refractivity contribution >= 4 is 17.9 Å². The van der Waals surface area contributed by atoms with Crippen molar-refractivity contribution in [2.24, 2.45) is 0 Å². The van der Waals surface area contributed by atoms with Crippen LogP contribution in [0.3, 0.4) is 0 Å². The number of benzene rings is 1. The second kappa shape index (κ2) is 8.06. The number of rotatable bonds is 4. The Balaban J connectivity index is 1.71. The number of carbonyl (C=O) groups excluding carboxylic acids is 3. The topological polar surface area (TPSA) is 102 Å². The number of esters is 1. The van der Waals surface area contributed by atoms with Gasteiger partial charge in [0, 0.05) is 16.8 Å². The van der Waals surface area contributed by atoms with Gasteiger partial charge in [0.2, 0.25) is 0 Å². The van der Waals surface area contributed by atoms with E-state index in [1.807, 2.05) is 30.3 Å². The molecule has 0 saturated carbocycles. The molecule has 1 aromatic carbocycles. The van der Waals surface area contributed by atoms with Crippen LogP contribution in [-0.2, 0) is 22.4 Å². The molecule has 1 aliphatic carbocycles. The molecule has 0 radical (unpaired) electrons. The summed E-state index contributed by atoms with van der Waals surface area (Å²) >= 11 is 0. The van der Waals surface area contributed by atoms with Crippen molar-refractivity contribution in [2.75, 3.05) is 0 Å². The zero-order valence-corrected chi connectivity index (χ0v) is 17.1. The minimum atomic E-state index is -1.13. The number of nitrogens with one attached hydrogen (secondary N) is 2. The first kappa shape index (κ1) is 20.6. The molecular formula is C21H26N4O4. The first-order chi connectivity index (χ1) is 13.7. The third kappa shape index (κ3) is 4.82. The predicted octanol–water partition coefficient (Wildman–Crippen LogP) is 2.53. The Kier molecular flexibility index (Phi) is 5.72. The zero-order chi connectivity index (χ0) is 21.2. The number of hydrogen-bond acceptors (Lipinski definition) is 5. The third-order valence-electron chi connectivity index (χ3n) is 4.50. The number of nitrogens with zero attached hydrogens (tertiary/aromatic N) is 2. The molecule has 0 fully saturated rings. The van der Waals surface area contributed by atoms with Crippen molar-refractivity contribution in [2.45, 2.75) is 58.6 Å². The van der Waals surface area contributed by atoms with Crippen LogP contribution in [0.1, 0.15) is 55.9 Å². The first-order valence-electron chi connectivity index (χ1n) is 9.66. The SMILES string of the molecule is CC(OC(=O)c1nn(-c2ccccc2)c2c1CCC2)C(=O)NC(=O)NC(C)(C)C. The summed E-state index contributed by atoms with van der Waals surface area (Å²) in [6.45, 7) is 6.81. The van der Waals surface area contributed by atoms with Crippen molar-refractivity contribution in [3.63, 3.8) is 0 Å². The molecule has 1 aromatic heterocycles. The fourth-order valence-electron chi connectivity index (χ4n) is 3.24.